The van der Waals surface area contributed by atoms with Gasteiger partial charge in [-0.2, -0.15) is 5.10 Å². The van der Waals surface area contributed by atoms with Gasteiger partial charge >= 0.3 is 0 Å². The molecule has 0 bridgehead atoms. The van der Waals surface area contributed by atoms with Gasteiger partial charge in [0.25, 0.3) is 0 Å². The molecule has 0 N–H and O–H groups in total. The third-order valence-electron chi connectivity index (χ3n) is 4.22. The maximum Gasteiger partial charge on any atom is 0.223 e. The van der Waals surface area contributed by atoms with Crippen LogP contribution in [0.25, 0.3) is 0 Å². The Labute approximate surface area is 142 Å². The molecule has 1 atom stereocenters. The predicted molar refractivity (Wildman–Crippen MR) is 90.1 cm³/mol. The summed E-state index contributed by atoms with van der Waals surface area (Å²) in [6.07, 6.45) is 9.00. The third kappa shape index (κ3) is 4.89. The number of aryl methyl sites for hydroxylation is 1. The molecule has 128 valence electrons. The van der Waals surface area contributed by atoms with Crippen LogP contribution in [0.15, 0.2) is 42.9 Å². The highest BCUT2D eigenvalue weighted by molar-refractivity contribution is 5.76. The van der Waals surface area contributed by atoms with Crippen LogP contribution in [-0.4, -0.2) is 44.8 Å². The van der Waals surface area contributed by atoms with Crippen molar-refractivity contribution in [3.63, 3.8) is 0 Å². The first-order chi connectivity index (χ1) is 11.8. The Morgan fingerprint density at radius 1 is 1.33 bits per heavy atom. The van der Waals surface area contributed by atoms with Crippen LogP contribution in [0.2, 0.25) is 0 Å². The largest absolute Gasteiger partial charge is 0.376 e. The Kier molecular flexibility index (Phi) is 5.96. The van der Waals surface area contributed by atoms with Gasteiger partial charge in [-0.3, -0.25) is 14.5 Å². The highest BCUT2D eigenvalue weighted by Gasteiger charge is 2.22. The number of hydrogen-bond donors (Lipinski definition) is 0. The van der Waals surface area contributed by atoms with E-state index in [9.17, 15) is 4.79 Å². The number of carbonyl (C=O) groups is 1. The minimum atomic E-state index is 0.156. The lowest BCUT2D eigenvalue weighted by molar-refractivity contribution is -0.133. The predicted octanol–water partition coefficient (Wildman–Crippen LogP) is 2.27. The summed E-state index contributed by atoms with van der Waals surface area (Å²) >= 11 is 0. The number of amides is 1. The molecule has 0 saturated carbocycles. The first-order valence-corrected chi connectivity index (χ1v) is 8.58. The van der Waals surface area contributed by atoms with Gasteiger partial charge in [-0.25, -0.2) is 0 Å². The summed E-state index contributed by atoms with van der Waals surface area (Å²) in [6.45, 7) is 2.75. The maximum atomic E-state index is 12.7. The highest BCUT2D eigenvalue weighted by Crippen LogP contribution is 2.16. The van der Waals surface area contributed by atoms with Crippen molar-refractivity contribution in [1.82, 2.24) is 19.7 Å². The molecule has 0 aromatic carbocycles. The Morgan fingerprint density at radius 2 is 2.29 bits per heavy atom. The standard InChI is InChI=1S/C18H24N4O2/c23-18(8-3-11-22-12-5-10-20-22)21(15-17-7-4-13-24-17)14-16-6-1-2-9-19-16/h1-2,5-6,9-10,12,17H,3-4,7-8,11,13-15H2. The molecule has 1 saturated heterocycles. The molecule has 0 spiro atoms. The van der Waals surface area contributed by atoms with Crippen molar-refractivity contribution >= 4 is 5.91 Å². The van der Waals surface area contributed by atoms with Gasteiger partial charge in [-0.15, -0.1) is 0 Å². The molecule has 1 aliphatic rings. The average Bonchev–Trinajstić information content (AvgIpc) is 3.29. The SMILES string of the molecule is O=C(CCCn1cccn1)N(Cc1ccccn1)CC1CCCO1. The fraction of sp³-hybridized carbons (Fsp3) is 0.500. The van der Waals surface area contributed by atoms with E-state index < -0.39 is 0 Å². The number of nitrogens with zero attached hydrogens (tertiary/aromatic N) is 4. The zero-order chi connectivity index (χ0) is 16.6. The van der Waals surface area contributed by atoms with Gasteiger partial charge in [-0.1, -0.05) is 6.07 Å². The fourth-order valence-electron chi connectivity index (χ4n) is 2.96. The Hall–Kier alpha value is -2.21. The lowest BCUT2D eigenvalue weighted by Crippen LogP contribution is -2.37. The third-order valence-corrected chi connectivity index (χ3v) is 4.22. The van der Waals surface area contributed by atoms with Crippen molar-refractivity contribution in [1.29, 1.82) is 0 Å². The highest BCUT2D eigenvalue weighted by atomic mass is 16.5. The minimum Gasteiger partial charge on any atom is -0.376 e. The second kappa shape index (κ2) is 8.59. The first-order valence-electron chi connectivity index (χ1n) is 8.58. The number of ether oxygens (including phenoxy) is 1. The van der Waals surface area contributed by atoms with E-state index in [1.807, 2.05) is 40.0 Å². The van der Waals surface area contributed by atoms with Gasteiger partial charge in [0.15, 0.2) is 0 Å². The van der Waals surface area contributed by atoms with Crippen LogP contribution >= 0.6 is 0 Å². The number of pyridine rings is 1. The molecule has 0 aliphatic carbocycles. The Bertz CT molecular complexity index is 609. The van der Waals surface area contributed by atoms with Gasteiger partial charge in [0.05, 0.1) is 18.3 Å². The van der Waals surface area contributed by atoms with Crippen molar-refractivity contribution in [3.8, 4) is 0 Å². The van der Waals surface area contributed by atoms with Crippen molar-refractivity contribution in [2.45, 2.75) is 44.9 Å². The lowest BCUT2D eigenvalue weighted by atomic mass is 10.2. The molecule has 1 aliphatic heterocycles. The molecule has 1 unspecified atom stereocenters. The number of rotatable bonds is 8. The molecular formula is C18H24N4O2. The zero-order valence-corrected chi connectivity index (χ0v) is 13.9. The lowest BCUT2D eigenvalue weighted by Gasteiger charge is -2.25. The van der Waals surface area contributed by atoms with E-state index in [4.69, 9.17) is 4.74 Å². The van der Waals surface area contributed by atoms with Crippen LogP contribution in [0.5, 0.6) is 0 Å². The first kappa shape index (κ1) is 16.6. The molecule has 3 heterocycles. The van der Waals surface area contributed by atoms with Gasteiger partial charge in [0, 0.05) is 44.7 Å². The van der Waals surface area contributed by atoms with Crippen LogP contribution in [-0.2, 0) is 22.6 Å². The zero-order valence-electron chi connectivity index (χ0n) is 13.9. The van der Waals surface area contributed by atoms with E-state index in [2.05, 4.69) is 10.1 Å². The molecule has 6 nitrogen and oxygen atoms in total. The molecular weight excluding hydrogens is 304 g/mol. The minimum absolute atomic E-state index is 0.156. The van der Waals surface area contributed by atoms with Gasteiger partial charge in [0.2, 0.25) is 5.91 Å². The second-order valence-electron chi connectivity index (χ2n) is 6.10. The van der Waals surface area contributed by atoms with Crippen LogP contribution in [0.4, 0.5) is 0 Å². The van der Waals surface area contributed by atoms with E-state index in [-0.39, 0.29) is 12.0 Å². The van der Waals surface area contributed by atoms with Crippen molar-refractivity contribution < 1.29 is 9.53 Å². The fourth-order valence-corrected chi connectivity index (χ4v) is 2.96. The molecule has 1 fully saturated rings. The summed E-state index contributed by atoms with van der Waals surface area (Å²) in [5.41, 5.74) is 0.913. The van der Waals surface area contributed by atoms with E-state index in [0.29, 0.717) is 19.5 Å². The van der Waals surface area contributed by atoms with E-state index in [1.165, 1.54) is 0 Å². The number of carbonyl (C=O) groups excluding carboxylic acids is 1. The summed E-state index contributed by atoms with van der Waals surface area (Å²) < 4.78 is 7.56. The van der Waals surface area contributed by atoms with E-state index in [0.717, 1.165) is 38.1 Å². The van der Waals surface area contributed by atoms with Crippen LogP contribution in [0.1, 0.15) is 31.4 Å². The molecule has 24 heavy (non-hydrogen) atoms. The molecule has 2 aromatic heterocycles. The topological polar surface area (TPSA) is 60.2 Å². The number of hydrogen-bond acceptors (Lipinski definition) is 4. The maximum absolute atomic E-state index is 12.7. The molecule has 3 rings (SSSR count). The summed E-state index contributed by atoms with van der Waals surface area (Å²) in [7, 11) is 0. The van der Waals surface area contributed by atoms with Gasteiger partial charge in [-0.05, 0) is 37.5 Å². The average molecular weight is 328 g/mol. The monoisotopic (exact) mass is 328 g/mol. The van der Waals surface area contributed by atoms with Crippen LogP contribution in [0, 0.1) is 0 Å². The Morgan fingerprint density at radius 3 is 3.00 bits per heavy atom. The number of aromatic nitrogens is 3. The summed E-state index contributed by atoms with van der Waals surface area (Å²) in [5.74, 6) is 0.156. The van der Waals surface area contributed by atoms with Crippen LogP contribution in [0.3, 0.4) is 0 Å². The molecule has 2 aromatic rings. The normalized spacial score (nSPS) is 17.1. The van der Waals surface area contributed by atoms with E-state index in [1.54, 1.807) is 12.4 Å². The second-order valence-corrected chi connectivity index (χ2v) is 6.10. The quantitative estimate of drug-likeness (QED) is 0.746. The Balaban J connectivity index is 1.55. The van der Waals surface area contributed by atoms with Gasteiger partial charge in [0.1, 0.15) is 0 Å². The summed E-state index contributed by atoms with van der Waals surface area (Å²) in [5, 5.41) is 4.17. The summed E-state index contributed by atoms with van der Waals surface area (Å²) in [4.78, 5) is 18.9. The molecule has 1 amide bonds. The molecule has 0 radical (unpaired) electrons. The van der Waals surface area contributed by atoms with E-state index >= 15 is 0 Å². The van der Waals surface area contributed by atoms with Crippen molar-refractivity contribution in [2.24, 2.45) is 0 Å². The van der Waals surface area contributed by atoms with Gasteiger partial charge < -0.3 is 9.64 Å². The molecule has 6 heteroatoms. The van der Waals surface area contributed by atoms with Crippen LogP contribution < -0.4 is 0 Å². The summed E-state index contributed by atoms with van der Waals surface area (Å²) in [6, 6.07) is 7.70. The van der Waals surface area contributed by atoms with Crippen molar-refractivity contribution in [2.75, 3.05) is 13.2 Å². The van der Waals surface area contributed by atoms with Crippen molar-refractivity contribution in [3.05, 3.63) is 48.5 Å². The smallest absolute Gasteiger partial charge is 0.223 e.